The number of hydrogen-bond acceptors (Lipinski definition) is 5. The number of nitrogens with zero attached hydrogens (tertiary/aromatic N) is 2. The van der Waals surface area contributed by atoms with E-state index in [2.05, 4.69) is 5.32 Å². The Morgan fingerprint density at radius 2 is 1.76 bits per heavy atom. The summed E-state index contributed by atoms with van der Waals surface area (Å²) in [7, 11) is 1.58. The molecule has 0 bridgehead atoms. The first-order chi connectivity index (χ1) is 14.0. The van der Waals surface area contributed by atoms with Gasteiger partial charge in [-0.1, -0.05) is 24.3 Å². The number of piperazine rings is 1. The number of carbonyl (C=O) groups is 3. The normalized spacial score (nSPS) is 15.0. The summed E-state index contributed by atoms with van der Waals surface area (Å²) in [5.74, 6) is 0.278. The molecule has 3 amide bonds. The minimum atomic E-state index is -0.677. The van der Waals surface area contributed by atoms with Gasteiger partial charge < -0.3 is 19.9 Å². The fourth-order valence-electron chi connectivity index (χ4n) is 3.44. The van der Waals surface area contributed by atoms with E-state index in [9.17, 15) is 14.4 Å². The topological polar surface area (TPSA) is 79.0 Å². The van der Waals surface area contributed by atoms with Crippen molar-refractivity contribution >= 4 is 29.1 Å². The van der Waals surface area contributed by atoms with Gasteiger partial charge in [0, 0.05) is 39.5 Å². The number of thiophene rings is 1. The van der Waals surface area contributed by atoms with Gasteiger partial charge >= 0.3 is 0 Å². The molecule has 0 saturated carbocycles. The summed E-state index contributed by atoms with van der Waals surface area (Å²) in [5.41, 5.74) is 0.855. The number of nitrogens with one attached hydrogen (secondary N) is 1. The lowest BCUT2D eigenvalue weighted by Gasteiger charge is -2.36. The second-order valence-corrected chi connectivity index (χ2v) is 7.81. The molecule has 2 heterocycles. The van der Waals surface area contributed by atoms with Crippen LogP contribution >= 0.6 is 11.3 Å². The SMILES string of the molecule is COc1ccccc1C[C@@H](NC(C)=O)C(=O)N1CCN(C(=O)c2cccs2)CC1. The van der Waals surface area contributed by atoms with E-state index in [0.29, 0.717) is 43.2 Å². The van der Waals surface area contributed by atoms with E-state index in [-0.39, 0.29) is 17.7 Å². The van der Waals surface area contributed by atoms with Gasteiger partial charge in [-0.05, 0) is 23.1 Å². The Labute approximate surface area is 174 Å². The van der Waals surface area contributed by atoms with Crippen molar-refractivity contribution in [1.82, 2.24) is 15.1 Å². The Balaban J connectivity index is 1.65. The highest BCUT2D eigenvalue weighted by Gasteiger charge is 2.30. The molecule has 0 unspecified atom stereocenters. The third-order valence-electron chi connectivity index (χ3n) is 4.90. The maximum Gasteiger partial charge on any atom is 0.264 e. The summed E-state index contributed by atoms with van der Waals surface area (Å²) in [5, 5.41) is 4.65. The van der Waals surface area contributed by atoms with Crippen molar-refractivity contribution in [3.8, 4) is 5.75 Å². The zero-order chi connectivity index (χ0) is 20.8. The van der Waals surface area contributed by atoms with E-state index in [4.69, 9.17) is 4.74 Å². The van der Waals surface area contributed by atoms with Crippen molar-refractivity contribution in [2.45, 2.75) is 19.4 Å². The molecule has 1 aromatic heterocycles. The van der Waals surface area contributed by atoms with Crippen molar-refractivity contribution in [3.63, 3.8) is 0 Å². The molecule has 1 aromatic carbocycles. The minimum absolute atomic E-state index is 0.000433. The molecule has 1 N–H and O–H groups in total. The quantitative estimate of drug-likeness (QED) is 0.780. The first-order valence-corrected chi connectivity index (χ1v) is 10.4. The Kier molecular flexibility index (Phi) is 6.87. The molecule has 1 aliphatic heterocycles. The molecule has 8 heteroatoms. The van der Waals surface area contributed by atoms with Crippen LogP contribution in [-0.2, 0) is 16.0 Å². The van der Waals surface area contributed by atoms with Gasteiger partial charge in [0.05, 0.1) is 12.0 Å². The number of rotatable bonds is 6. The number of benzene rings is 1. The van der Waals surface area contributed by atoms with Gasteiger partial charge in [-0.3, -0.25) is 14.4 Å². The van der Waals surface area contributed by atoms with Crippen LogP contribution in [0.1, 0.15) is 22.2 Å². The summed E-state index contributed by atoms with van der Waals surface area (Å²) in [6.45, 7) is 3.24. The first-order valence-electron chi connectivity index (χ1n) is 9.50. The first kappa shape index (κ1) is 20.9. The Bertz CT molecular complexity index is 861. The standard InChI is InChI=1S/C21H25N3O4S/c1-15(25)22-17(14-16-6-3-4-7-18(16)28-2)20(26)23-9-11-24(12-10-23)21(27)19-8-5-13-29-19/h3-8,13,17H,9-12,14H2,1-2H3,(H,22,25)/t17-/m1/s1. The summed E-state index contributed by atoms with van der Waals surface area (Å²) >= 11 is 1.42. The van der Waals surface area contributed by atoms with Crippen molar-refractivity contribution < 1.29 is 19.1 Å². The predicted molar refractivity (Wildman–Crippen MR) is 111 cm³/mol. The molecule has 29 heavy (non-hydrogen) atoms. The molecule has 1 aliphatic rings. The van der Waals surface area contributed by atoms with Crippen LogP contribution < -0.4 is 10.1 Å². The van der Waals surface area contributed by atoms with E-state index in [1.54, 1.807) is 16.9 Å². The van der Waals surface area contributed by atoms with Crippen molar-refractivity contribution in [1.29, 1.82) is 0 Å². The zero-order valence-electron chi connectivity index (χ0n) is 16.6. The lowest BCUT2D eigenvalue weighted by molar-refractivity contribution is -0.137. The summed E-state index contributed by atoms with van der Waals surface area (Å²) in [4.78, 5) is 41.5. The second-order valence-electron chi connectivity index (χ2n) is 6.86. The summed E-state index contributed by atoms with van der Waals surface area (Å²) < 4.78 is 5.37. The van der Waals surface area contributed by atoms with Crippen LogP contribution in [0.3, 0.4) is 0 Å². The third kappa shape index (κ3) is 5.14. The summed E-state index contributed by atoms with van der Waals surface area (Å²) in [6, 6.07) is 10.4. The third-order valence-corrected chi connectivity index (χ3v) is 5.76. The fraction of sp³-hybridized carbons (Fsp3) is 0.381. The van der Waals surface area contributed by atoms with Crippen LogP contribution in [0.5, 0.6) is 5.75 Å². The molecular weight excluding hydrogens is 390 g/mol. The van der Waals surface area contributed by atoms with Crippen LogP contribution in [0.15, 0.2) is 41.8 Å². The predicted octanol–water partition coefficient (Wildman–Crippen LogP) is 1.79. The lowest BCUT2D eigenvalue weighted by atomic mass is 10.0. The van der Waals surface area contributed by atoms with Gasteiger partial charge in [0.1, 0.15) is 11.8 Å². The van der Waals surface area contributed by atoms with Gasteiger partial charge in [0.25, 0.3) is 5.91 Å². The van der Waals surface area contributed by atoms with Crippen LogP contribution in [0, 0.1) is 0 Å². The number of methoxy groups -OCH3 is 1. The maximum atomic E-state index is 13.1. The maximum absolute atomic E-state index is 13.1. The molecule has 0 aliphatic carbocycles. The monoisotopic (exact) mass is 415 g/mol. The molecule has 2 aromatic rings. The molecule has 1 atom stereocenters. The molecule has 0 radical (unpaired) electrons. The van der Waals surface area contributed by atoms with Crippen LogP contribution in [-0.4, -0.2) is 66.9 Å². The van der Waals surface area contributed by atoms with Gasteiger partial charge in [-0.25, -0.2) is 0 Å². The number of ether oxygens (including phenoxy) is 1. The highest BCUT2D eigenvalue weighted by atomic mass is 32.1. The van der Waals surface area contributed by atoms with Gasteiger partial charge in [0.2, 0.25) is 11.8 Å². The van der Waals surface area contributed by atoms with Crippen molar-refractivity contribution in [2.75, 3.05) is 33.3 Å². The van der Waals surface area contributed by atoms with E-state index in [0.717, 1.165) is 5.56 Å². The number of para-hydroxylation sites is 1. The Morgan fingerprint density at radius 3 is 2.38 bits per heavy atom. The summed E-state index contributed by atoms with van der Waals surface area (Å²) in [6.07, 6.45) is 0.344. The van der Waals surface area contributed by atoms with Gasteiger partial charge in [0.15, 0.2) is 0 Å². The smallest absolute Gasteiger partial charge is 0.264 e. The van der Waals surface area contributed by atoms with Crippen LogP contribution in [0.25, 0.3) is 0 Å². The molecule has 3 rings (SSSR count). The van der Waals surface area contributed by atoms with Gasteiger partial charge in [-0.2, -0.15) is 0 Å². The van der Waals surface area contributed by atoms with Crippen molar-refractivity contribution in [2.24, 2.45) is 0 Å². The second kappa shape index (κ2) is 9.56. The van der Waals surface area contributed by atoms with E-state index in [1.165, 1.54) is 18.3 Å². The Morgan fingerprint density at radius 1 is 1.07 bits per heavy atom. The molecule has 1 saturated heterocycles. The molecule has 7 nitrogen and oxygen atoms in total. The molecule has 0 spiro atoms. The molecular formula is C21H25N3O4S. The highest BCUT2D eigenvalue weighted by Crippen LogP contribution is 2.20. The highest BCUT2D eigenvalue weighted by molar-refractivity contribution is 7.12. The Hall–Kier alpha value is -2.87. The largest absolute Gasteiger partial charge is 0.496 e. The van der Waals surface area contributed by atoms with Gasteiger partial charge in [-0.15, -0.1) is 11.3 Å². The minimum Gasteiger partial charge on any atom is -0.496 e. The van der Waals surface area contributed by atoms with Crippen LogP contribution in [0.4, 0.5) is 0 Å². The molecule has 154 valence electrons. The number of amides is 3. The van der Waals surface area contributed by atoms with E-state index in [1.807, 2.05) is 41.8 Å². The van der Waals surface area contributed by atoms with E-state index >= 15 is 0 Å². The average molecular weight is 416 g/mol. The fourth-order valence-corrected chi connectivity index (χ4v) is 4.13. The number of carbonyl (C=O) groups excluding carboxylic acids is 3. The molecule has 1 fully saturated rings. The van der Waals surface area contributed by atoms with Crippen molar-refractivity contribution in [3.05, 3.63) is 52.2 Å². The van der Waals surface area contributed by atoms with Crippen LogP contribution in [0.2, 0.25) is 0 Å². The number of hydrogen-bond donors (Lipinski definition) is 1. The lowest BCUT2D eigenvalue weighted by Crippen LogP contribution is -2.56. The van der Waals surface area contributed by atoms with E-state index < -0.39 is 6.04 Å². The average Bonchev–Trinajstić information content (AvgIpc) is 3.27. The zero-order valence-corrected chi connectivity index (χ0v) is 17.4.